The summed E-state index contributed by atoms with van der Waals surface area (Å²) in [6.45, 7) is 7.11. The van der Waals surface area contributed by atoms with Gasteiger partial charge in [-0.25, -0.2) is 4.99 Å². The molecule has 0 radical (unpaired) electrons. The van der Waals surface area contributed by atoms with Crippen molar-refractivity contribution in [2.75, 3.05) is 18.5 Å². The van der Waals surface area contributed by atoms with Crippen LogP contribution in [0.4, 0.5) is 5.69 Å². The maximum absolute atomic E-state index is 13.8. The molecule has 1 fully saturated rings. The minimum absolute atomic E-state index is 0.0749. The summed E-state index contributed by atoms with van der Waals surface area (Å²) in [6, 6.07) is 13.0. The van der Waals surface area contributed by atoms with Crippen molar-refractivity contribution in [2.45, 2.75) is 52.2 Å². The molecule has 3 aliphatic rings. The van der Waals surface area contributed by atoms with Gasteiger partial charge >= 0.3 is 0 Å². The summed E-state index contributed by atoms with van der Waals surface area (Å²) in [4.78, 5) is 33.5. The first-order chi connectivity index (χ1) is 18.3. The maximum Gasteiger partial charge on any atom is 0.255 e. The number of hydrogen-bond acceptors (Lipinski definition) is 6. The zero-order valence-electron chi connectivity index (χ0n) is 21.7. The third-order valence-electron chi connectivity index (χ3n) is 6.95. The van der Waals surface area contributed by atoms with Gasteiger partial charge in [0, 0.05) is 29.6 Å². The van der Waals surface area contributed by atoms with Crippen LogP contribution in [-0.2, 0) is 14.3 Å². The second-order valence-corrected chi connectivity index (χ2v) is 11.1. The molecule has 7 nitrogen and oxygen atoms in total. The molecule has 38 heavy (non-hydrogen) atoms. The molecule has 0 aromatic heterocycles. The second kappa shape index (κ2) is 11.4. The number of amidine groups is 1. The number of carbonyl (C=O) groups is 2. The van der Waals surface area contributed by atoms with Crippen molar-refractivity contribution in [1.82, 2.24) is 10.2 Å². The lowest BCUT2D eigenvalue weighted by Gasteiger charge is -2.36. The van der Waals surface area contributed by atoms with Crippen molar-refractivity contribution in [3.8, 4) is 0 Å². The molecule has 9 heteroatoms. The van der Waals surface area contributed by atoms with Gasteiger partial charge in [-0.2, -0.15) is 0 Å². The van der Waals surface area contributed by atoms with E-state index in [-0.39, 0.29) is 24.3 Å². The smallest absolute Gasteiger partial charge is 0.255 e. The van der Waals surface area contributed by atoms with E-state index in [2.05, 4.69) is 10.6 Å². The third kappa shape index (κ3) is 5.67. The molecule has 2 atom stereocenters. The quantitative estimate of drug-likeness (QED) is 0.451. The van der Waals surface area contributed by atoms with Gasteiger partial charge in [0.2, 0.25) is 5.91 Å². The van der Waals surface area contributed by atoms with Crippen LogP contribution in [0.2, 0.25) is 5.02 Å². The largest absolute Gasteiger partial charge is 0.376 e. The van der Waals surface area contributed by atoms with Crippen molar-refractivity contribution in [3.63, 3.8) is 0 Å². The lowest BCUT2D eigenvalue weighted by atomic mass is 9.93. The Hall–Kier alpha value is -3.07. The lowest BCUT2D eigenvalue weighted by Crippen LogP contribution is -2.39. The number of aliphatic imine (C=N–C) groups is 1. The summed E-state index contributed by atoms with van der Waals surface area (Å²) in [5, 5.41) is 9.41. The molecule has 0 aliphatic carbocycles. The van der Waals surface area contributed by atoms with Gasteiger partial charge in [0.1, 0.15) is 0 Å². The van der Waals surface area contributed by atoms with Crippen molar-refractivity contribution < 1.29 is 14.3 Å². The molecule has 0 saturated carbocycles. The Balaban J connectivity index is 1.43. The zero-order chi connectivity index (χ0) is 26.8. The fourth-order valence-corrected chi connectivity index (χ4v) is 6.11. The van der Waals surface area contributed by atoms with Gasteiger partial charge in [-0.05, 0) is 68.3 Å². The van der Waals surface area contributed by atoms with E-state index in [1.165, 1.54) is 11.8 Å². The van der Waals surface area contributed by atoms with Crippen LogP contribution in [0.15, 0.2) is 69.8 Å². The number of fused-ring (bicyclic) bond motifs is 1. The van der Waals surface area contributed by atoms with E-state index in [4.69, 9.17) is 21.3 Å². The summed E-state index contributed by atoms with van der Waals surface area (Å²) in [5.41, 5.74) is 5.73. The van der Waals surface area contributed by atoms with Crippen LogP contribution >= 0.6 is 23.4 Å². The summed E-state index contributed by atoms with van der Waals surface area (Å²) >= 11 is 7.67. The van der Waals surface area contributed by atoms with Crippen LogP contribution in [-0.4, -0.2) is 41.1 Å². The monoisotopic (exact) mass is 550 g/mol. The van der Waals surface area contributed by atoms with E-state index in [9.17, 15) is 9.59 Å². The predicted octanol–water partition coefficient (Wildman–Crippen LogP) is 5.86. The average Bonchev–Trinajstić information content (AvgIpc) is 3.54. The number of halogens is 1. The summed E-state index contributed by atoms with van der Waals surface area (Å²) in [7, 11) is 0. The third-order valence-corrected chi connectivity index (χ3v) is 8.09. The van der Waals surface area contributed by atoms with Crippen LogP contribution in [0.1, 0.15) is 48.9 Å². The Morgan fingerprint density at radius 3 is 2.66 bits per heavy atom. The van der Waals surface area contributed by atoms with Gasteiger partial charge in [0.15, 0.2) is 5.17 Å². The van der Waals surface area contributed by atoms with Crippen LogP contribution in [0.5, 0.6) is 0 Å². The van der Waals surface area contributed by atoms with E-state index in [1.54, 1.807) is 0 Å². The highest BCUT2D eigenvalue weighted by atomic mass is 35.5. The number of allylic oxidation sites excluding steroid dienone is 1. The number of rotatable bonds is 7. The molecule has 2 unspecified atom stereocenters. The molecule has 2 N–H and O–H groups in total. The fourth-order valence-electron chi connectivity index (χ4n) is 5.02. The Morgan fingerprint density at radius 1 is 1.16 bits per heavy atom. The molecule has 1 saturated heterocycles. The van der Waals surface area contributed by atoms with Gasteiger partial charge < -0.3 is 20.3 Å². The Bertz CT molecular complexity index is 1350. The summed E-state index contributed by atoms with van der Waals surface area (Å²) in [5.74, 6) is -0.313. The molecule has 0 spiro atoms. The molecular weight excluding hydrogens is 520 g/mol. The Kier molecular flexibility index (Phi) is 7.93. The standard InChI is InChI=1S/C29H31ClN4O3S/c1-17-6-11-24(18(2)13-17)33-28(36)26-19(3)32-29-34(27(26)20-7-9-21(30)10-8-20)22(16-38-29)14-25(35)31-15-23-5-4-12-37-23/h6-11,13,16,23,27H,4-5,12,14-15H2,1-3H3,(H,31,35)(H,33,36). The predicted molar refractivity (Wildman–Crippen MR) is 153 cm³/mol. The average molecular weight is 551 g/mol. The number of ether oxygens (including phenoxy) is 1. The molecule has 3 aliphatic heterocycles. The molecule has 2 aromatic rings. The molecular formula is C29H31ClN4O3S. The van der Waals surface area contributed by atoms with Gasteiger partial charge in [0.05, 0.1) is 29.8 Å². The zero-order valence-corrected chi connectivity index (χ0v) is 23.3. The topological polar surface area (TPSA) is 83.0 Å². The number of amides is 2. The number of nitrogens with one attached hydrogen (secondary N) is 2. The van der Waals surface area contributed by atoms with Crippen molar-refractivity contribution in [2.24, 2.45) is 4.99 Å². The van der Waals surface area contributed by atoms with Crippen molar-refractivity contribution >= 4 is 46.0 Å². The minimum Gasteiger partial charge on any atom is -0.376 e. The number of nitrogens with zero attached hydrogens (tertiary/aromatic N) is 2. The highest BCUT2D eigenvalue weighted by molar-refractivity contribution is 8.16. The number of thioether (sulfide) groups is 1. The Morgan fingerprint density at radius 2 is 1.95 bits per heavy atom. The van der Waals surface area contributed by atoms with Gasteiger partial charge in [-0.15, -0.1) is 0 Å². The van der Waals surface area contributed by atoms with Crippen LogP contribution in [0.25, 0.3) is 0 Å². The molecule has 198 valence electrons. The first-order valence-corrected chi connectivity index (χ1v) is 14.0. The van der Waals surface area contributed by atoms with Gasteiger partial charge in [-0.1, -0.05) is 53.2 Å². The fraction of sp³-hybridized carbons (Fsp3) is 0.345. The number of benzene rings is 2. The van der Waals surface area contributed by atoms with Crippen LogP contribution in [0.3, 0.4) is 0 Å². The minimum atomic E-state index is -0.460. The van der Waals surface area contributed by atoms with E-state index in [0.717, 1.165) is 52.7 Å². The van der Waals surface area contributed by atoms with E-state index in [0.29, 0.717) is 22.8 Å². The van der Waals surface area contributed by atoms with Crippen LogP contribution < -0.4 is 10.6 Å². The maximum atomic E-state index is 13.8. The van der Waals surface area contributed by atoms with Crippen molar-refractivity contribution in [1.29, 1.82) is 0 Å². The molecule has 2 aromatic carbocycles. The Labute approximate surface area is 232 Å². The first-order valence-electron chi connectivity index (χ1n) is 12.8. The highest BCUT2D eigenvalue weighted by Gasteiger charge is 2.40. The molecule has 2 amide bonds. The number of carbonyl (C=O) groups excluding carboxylic acids is 2. The number of anilines is 1. The number of aryl methyl sites for hydroxylation is 2. The van der Waals surface area contributed by atoms with E-state index in [1.807, 2.05) is 73.5 Å². The van der Waals surface area contributed by atoms with E-state index >= 15 is 0 Å². The first kappa shape index (κ1) is 26.5. The van der Waals surface area contributed by atoms with Crippen molar-refractivity contribution in [3.05, 3.63) is 86.6 Å². The summed E-state index contributed by atoms with van der Waals surface area (Å²) in [6.07, 6.45) is 2.24. The summed E-state index contributed by atoms with van der Waals surface area (Å²) < 4.78 is 5.64. The van der Waals surface area contributed by atoms with E-state index < -0.39 is 6.04 Å². The normalized spacial score (nSPS) is 20.7. The highest BCUT2D eigenvalue weighted by Crippen LogP contribution is 2.45. The molecule has 0 bridgehead atoms. The van der Waals surface area contributed by atoms with Gasteiger partial charge in [-0.3, -0.25) is 9.59 Å². The molecule has 5 rings (SSSR count). The van der Waals surface area contributed by atoms with Gasteiger partial charge in [0.25, 0.3) is 5.91 Å². The van der Waals surface area contributed by atoms with Crippen LogP contribution in [0, 0.1) is 13.8 Å². The SMILES string of the molecule is CC1=C(C(=O)Nc2ccc(C)cc2C)C(c2ccc(Cl)cc2)N2C(CC(=O)NCC3CCCO3)=CSC2=N1. The lowest BCUT2D eigenvalue weighted by molar-refractivity contribution is -0.121. The second-order valence-electron chi connectivity index (χ2n) is 9.83. The molecule has 3 heterocycles. The number of hydrogen-bond donors (Lipinski definition) is 2.